The summed E-state index contributed by atoms with van der Waals surface area (Å²) in [4.78, 5) is 11.3. The molecule has 1 aliphatic carbocycles. The molecular weight excluding hydrogens is 236 g/mol. The van der Waals surface area contributed by atoms with Crippen LogP contribution in [0.4, 0.5) is 10.8 Å². The van der Waals surface area contributed by atoms with Crippen molar-refractivity contribution in [3.63, 3.8) is 0 Å². The molecule has 94 valence electrons. The minimum atomic E-state index is -0.511. The van der Waals surface area contributed by atoms with Crippen molar-refractivity contribution >= 4 is 28.3 Å². The van der Waals surface area contributed by atoms with Crippen LogP contribution < -0.4 is 16.8 Å². The lowest BCUT2D eigenvalue weighted by molar-refractivity contribution is 0.100. The molecule has 6 heteroatoms. The van der Waals surface area contributed by atoms with Crippen molar-refractivity contribution in [3.8, 4) is 0 Å². The molecule has 17 heavy (non-hydrogen) atoms. The lowest BCUT2D eigenvalue weighted by atomic mass is 9.87. The van der Waals surface area contributed by atoms with E-state index in [0.29, 0.717) is 16.6 Å². The highest BCUT2D eigenvalue weighted by atomic mass is 32.1. The molecule has 0 spiro atoms. The van der Waals surface area contributed by atoms with E-state index >= 15 is 0 Å². The van der Waals surface area contributed by atoms with Crippen LogP contribution in [-0.4, -0.2) is 16.3 Å². The first kappa shape index (κ1) is 12.2. The fraction of sp³-hybridized carbons (Fsp3) is 0.636. The van der Waals surface area contributed by atoms with E-state index in [4.69, 9.17) is 11.5 Å². The van der Waals surface area contributed by atoms with Crippen LogP contribution in [0.15, 0.2) is 0 Å². The number of hydrogen-bond acceptors (Lipinski definition) is 5. The van der Waals surface area contributed by atoms with Crippen LogP contribution in [0.3, 0.4) is 0 Å². The van der Waals surface area contributed by atoms with Gasteiger partial charge in [0.05, 0.1) is 0 Å². The van der Waals surface area contributed by atoms with Gasteiger partial charge in [0.2, 0.25) is 0 Å². The summed E-state index contributed by atoms with van der Waals surface area (Å²) < 4.78 is 3.98. The summed E-state index contributed by atoms with van der Waals surface area (Å²) in [7, 11) is 0. The number of amides is 1. The van der Waals surface area contributed by atoms with Crippen LogP contribution in [0.1, 0.15) is 43.0 Å². The van der Waals surface area contributed by atoms with E-state index in [1.165, 1.54) is 24.4 Å². The van der Waals surface area contributed by atoms with E-state index in [1.807, 2.05) is 0 Å². The van der Waals surface area contributed by atoms with Gasteiger partial charge in [0.25, 0.3) is 5.91 Å². The Hall–Kier alpha value is -1.30. The van der Waals surface area contributed by atoms with Gasteiger partial charge in [-0.15, -0.1) is 0 Å². The Labute approximate surface area is 105 Å². The van der Waals surface area contributed by atoms with Crippen LogP contribution in [0.25, 0.3) is 0 Å². The number of rotatable bonds is 3. The average molecular weight is 254 g/mol. The summed E-state index contributed by atoms with van der Waals surface area (Å²) in [6.07, 6.45) is 4.75. The lowest BCUT2D eigenvalue weighted by Crippen LogP contribution is -2.27. The number of hydrogen-bond donors (Lipinski definition) is 3. The lowest BCUT2D eigenvalue weighted by Gasteiger charge is -2.27. The molecule has 5 nitrogen and oxygen atoms in total. The number of nitrogens with two attached hydrogens (primary N) is 2. The van der Waals surface area contributed by atoms with E-state index in [1.54, 1.807) is 0 Å². The standard InChI is InChI=1S/C11H18N4OS/c1-6-3-2-4-7(5-6)14-11-8(10(13)16)9(12)15-17-11/h6-7,14H,2-5H2,1H3,(H2,12,15)(H2,13,16). The third-order valence-corrected chi connectivity index (χ3v) is 4.03. The highest BCUT2D eigenvalue weighted by molar-refractivity contribution is 7.11. The third-order valence-electron chi connectivity index (χ3n) is 3.24. The van der Waals surface area contributed by atoms with Crippen LogP contribution >= 0.6 is 11.5 Å². The Morgan fingerprint density at radius 3 is 2.94 bits per heavy atom. The number of nitrogen functional groups attached to an aromatic ring is 1. The van der Waals surface area contributed by atoms with Gasteiger partial charge in [0, 0.05) is 6.04 Å². The molecule has 2 unspecified atom stereocenters. The maximum atomic E-state index is 11.3. The first-order valence-electron chi connectivity index (χ1n) is 5.89. The largest absolute Gasteiger partial charge is 0.382 e. The Morgan fingerprint density at radius 2 is 2.29 bits per heavy atom. The number of carbonyl (C=O) groups is 1. The van der Waals surface area contributed by atoms with E-state index in [-0.39, 0.29) is 5.82 Å². The summed E-state index contributed by atoms with van der Waals surface area (Å²) in [5.41, 5.74) is 11.3. The molecule has 0 aromatic carbocycles. The van der Waals surface area contributed by atoms with Gasteiger partial charge in [-0.1, -0.05) is 19.8 Å². The predicted octanol–water partition coefficient (Wildman–Crippen LogP) is 1.81. The zero-order chi connectivity index (χ0) is 12.4. The molecule has 1 aliphatic rings. The molecule has 0 radical (unpaired) electrons. The summed E-state index contributed by atoms with van der Waals surface area (Å²) in [5.74, 6) is 0.444. The maximum Gasteiger partial charge on any atom is 0.255 e. The van der Waals surface area contributed by atoms with Crippen molar-refractivity contribution in [2.24, 2.45) is 11.7 Å². The molecule has 1 aromatic rings. The second kappa shape index (κ2) is 4.91. The summed E-state index contributed by atoms with van der Waals surface area (Å²) in [5, 5.41) is 4.07. The van der Waals surface area contributed by atoms with Crippen LogP contribution in [0.2, 0.25) is 0 Å². The average Bonchev–Trinajstić information content (AvgIpc) is 2.59. The number of carbonyl (C=O) groups excluding carboxylic acids is 1. The van der Waals surface area contributed by atoms with Gasteiger partial charge < -0.3 is 16.8 Å². The molecule has 1 aromatic heterocycles. The van der Waals surface area contributed by atoms with Gasteiger partial charge in [-0.25, -0.2) is 0 Å². The molecule has 1 saturated carbocycles. The minimum Gasteiger partial charge on any atom is -0.382 e. The van der Waals surface area contributed by atoms with E-state index in [0.717, 1.165) is 18.8 Å². The van der Waals surface area contributed by atoms with Gasteiger partial charge >= 0.3 is 0 Å². The topological polar surface area (TPSA) is 94.0 Å². The van der Waals surface area contributed by atoms with Crippen LogP contribution in [-0.2, 0) is 0 Å². The summed E-state index contributed by atoms with van der Waals surface area (Å²) >= 11 is 1.21. The molecule has 1 fully saturated rings. The maximum absolute atomic E-state index is 11.3. The summed E-state index contributed by atoms with van der Waals surface area (Å²) in [6, 6.07) is 0.400. The van der Waals surface area contributed by atoms with Gasteiger partial charge in [0.15, 0.2) is 5.82 Å². The number of anilines is 2. The number of nitrogens with one attached hydrogen (secondary N) is 1. The van der Waals surface area contributed by atoms with E-state index < -0.39 is 5.91 Å². The van der Waals surface area contributed by atoms with Gasteiger partial charge in [-0.2, -0.15) is 4.37 Å². The quantitative estimate of drug-likeness (QED) is 0.766. The van der Waals surface area contributed by atoms with Crippen molar-refractivity contribution in [1.82, 2.24) is 4.37 Å². The first-order valence-corrected chi connectivity index (χ1v) is 6.66. The van der Waals surface area contributed by atoms with Gasteiger partial charge in [-0.05, 0) is 30.3 Å². The normalized spacial score (nSPS) is 24.5. The molecule has 5 N–H and O–H groups in total. The minimum absolute atomic E-state index is 0.230. The molecule has 0 saturated heterocycles. The number of nitrogens with zero attached hydrogens (tertiary/aromatic N) is 1. The first-order chi connectivity index (χ1) is 8.08. The number of aromatic nitrogens is 1. The van der Waals surface area contributed by atoms with Crippen molar-refractivity contribution in [2.45, 2.75) is 38.6 Å². The highest BCUT2D eigenvalue weighted by Crippen LogP contribution is 2.31. The monoisotopic (exact) mass is 254 g/mol. The number of primary amides is 1. The Balaban J connectivity index is 2.10. The van der Waals surface area contributed by atoms with Crippen molar-refractivity contribution < 1.29 is 4.79 Å². The van der Waals surface area contributed by atoms with Crippen LogP contribution in [0, 0.1) is 5.92 Å². The SMILES string of the molecule is CC1CCCC(Nc2snc(N)c2C(N)=O)C1. The van der Waals surface area contributed by atoms with E-state index in [2.05, 4.69) is 16.6 Å². The van der Waals surface area contributed by atoms with Crippen molar-refractivity contribution in [2.75, 3.05) is 11.1 Å². The molecular formula is C11H18N4OS. The van der Waals surface area contributed by atoms with Gasteiger partial charge in [0.1, 0.15) is 10.6 Å². The molecule has 2 rings (SSSR count). The van der Waals surface area contributed by atoms with E-state index in [9.17, 15) is 4.79 Å². The van der Waals surface area contributed by atoms with Crippen molar-refractivity contribution in [1.29, 1.82) is 0 Å². The molecule has 2 atom stereocenters. The van der Waals surface area contributed by atoms with Gasteiger partial charge in [-0.3, -0.25) is 4.79 Å². The Kier molecular flexibility index (Phi) is 3.51. The van der Waals surface area contributed by atoms with Crippen molar-refractivity contribution in [3.05, 3.63) is 5.56 Å². The molecule has 0 bridgehead atoms. The fourth-order valence-corrected chi connectivity index (χ4v) is 3.19. The fourth-order valence-electron chi connectivity index (χ4n) is 2.39. The predicted molar refractivity (Wildman–Crippen MR) is 70.1 cm³/mol. The second-order valence-electron chi connectivity index (χ2n) is 4.75. The smallest absolute Gasteiger partial charge is 0.255 e. The summed E-state index contributed by atoms with van der Waals surface area (Å²) in [6.45, 7) is 2.25. The molecule has 0 aliphatic heterocycles. The second-order valence-corrected chi connectivity index (χ2v) is 5.52. The zero-order valence-electron chi connectivity index (χ0n) is 9.90. The molecule has 1 amide bonds. The molecule has 1 heterocycles. The Bertz CT molecular complexity index is 418. The zero-order valence-corrected chi connectivity index (χ0v) is 10.7. The Morgan fingerprint density at radius 1 is 1.53 bits per heavy atom. The van der Waals surface area contributed by atoms with Crippen LogP contribution in [0.5, 0.6) is 0 Å². The highest BCUT2D eigenvalue weighted by Gasteiger charge is 2.23. The third kappa shape index (κ3) is 2.69.